The number of hydrogen-bond donors (Lipinski definition) is 2. The maximum atomic E-state index is 12.4. The lowest BCUT2D eigenvalue weighted by atomic mass is 10.0. The Bertz CT molecular complexity index is 840. The number of piperazine rings is 1. The van der Waals surface area contributed by atoms with E-state index in [1.807, 2.05) is 18.2 Å². The van der Waals surface area contributed by atoms with Gasteiger partial charge in [0, 0.05) is 37.9 Å². The number of aromatic nitrogens is 1. The lowest BCUT2D eigenvalue weighted by Gasteiger charge is -2.33. The fraction of sp³-hybridized carbons (Fsp3) is 0.476. The van der Waals surface area contributed by atoms with Gasteiger partial charge in [-0.1, -0.05) is 31.1 Å². The van der Waals surface area contributed by atoms with Crippen molar-refractivity contribution in [3.05, 3.63) is 41.7 Å². The highest BCUT2D eigenvalue weighted by molar-refractivity contribution is 5.92. The van der Waals surface area contributed by atoms with E-state index in [0.29, 0.717) is 30.6 Å². The number of carbonyl (C=O) groups excluding carboxylic acids is 2. The summed E-state index contributed by atoms with van der Waals surface area (Å²) >= 11 is 0. The first-order valence-corrected chi connectivity index (χ1v) is 9.97. The Labute approximate surface area is 171 Å². The fourth-order valence-electron chi connectivity index (χ4n) is 3.30. The van der Waals surface area contributed by atoms with Gasteiger partial charge in [-0.25, -0.2) is 0 Å². The Kier molecular flexibility index (Phi) is 7.00. The zero-order valence-electron chi connectivity index (χ0n) is 17.3. The number of carbonyl (C=O) groups is 2. The zero-order valence-corrected chi connectivity index (χ0v) is 17.3. The van der Waals surface area contributed by atoms with Crippen molar-refractivity contribution < 1.29 is 14.1 Å². The molecule has 0 radical (unpaired) electrons. The van der Waals surface area contributed by atoms with Crippen LogP contribution in [0.4, 0.5) is 11.5 Å². The monoisotopic (exact) mass is 399 g/mol. The minimum Gasteiger partial charge on any atom is -0.360 e. The van der Waals surface area contributed by atoms with E-state index in [9.17, 15) is 9.59 Å². The molecule has 8 heteroatoms. The van der Waals surface area contributed by atoms with Crippen LogP contribution < -0.4 is 10.6 Å². The predicted molar refractivity (Wildman–Crippen MR) is 112 cm³/mol. The number of aryl methyl sites for hydroxylation is 1. The Balaban J connectivity index is 1.39. The average Bonchev–Trinajstić information content (AvgIpc) is 3.08. The molecule has 8 nitrogen and oxygen atoms in total. The molecule has 3 rings (SSSR count). The van der Waals surface area contributed by atoms with E-state index in [1.54, 1.807) is 13.0 Å². The maximum Gasteiger partial charge on any atom is 0.239 e. The molecule has 2 N–H and O–H groups in total. The van der Waals surface area contributed by atoms with Gasteiger partial charge in [0.15, 0.2) is 5.82 Å². The van der Waals surface area contributed by atoms with Crippen LogP contribution in [0.3, 0.4) is 0 Å². The van der Waals surface area contributed by atoms with Gasteiger partial charge >= 0.3 is 0 Å². The van der Waals surface area contributed by atoms with Crippen LogP contribution in [0.5, 0.6) is 0 Å². The molecule has 1 aromatic carbocycles. The second-order valence-electron chi connectivity index (χ2n) is 7.75. The number of nitrogens with zero attached hydrogens (tertiary/aromatic N) is 3. The summed E-state index contributed by atoms with van der Waals surface area (Å²) in [7, 11) is 0. The minimum atomic E-state index is -0.116. The molecule has 0 atom stereocenters. The molecule has 2 aromatic rings. The Morgan fingerprint density at radius 3 is 2.21 bits per heavy atom. The summed E-state index contributed by atoms with van der Waals surface area (Å²) in [6.45, 7) is 9.66. The largest absolute Gasteiger partial charge is 0.360 e. The van der Waals surface area contributed by atoms with Crippen molar-refractivity contribution in [3.8, 4) is 0 Å². The van der Waals surface area contributed by atoms with Crippen molar-refractivity contribution in [2.75, 3.05) is 49.9 Å². The second-order valence-corrected chi connectivity index (χ2v) is 7.75. The van der Waals surface area contributed by atoms with Gasteiger partial charge < -0.3 is 15.2 Å². The van der Waals surface area contributed by atoms with E-state index < -0.39 is 0 Å². The number of nitrogens with one attached hydrogen (secondary N) is 2. The number of hydrogen-bond acceptors (Lipinski definition) is 6. The summed E-state index contributed by atoms with van der Waals surface area (Å²) in [6, 6.07) is 9.66. The van der Waals surface area contributed by atoms with Crippen LogP contribution in [0.25, 0.3) is 0 Å². The van der Waals surface area contributed by atoms with Crippen LogP contribution >= 0.6 is 0 Å². The summed E-state index contributed by atoms with van der Waals surface area (Å²) in [5.41, 5.74) is 2.04. The first kappa shape index (κ1) is 21.0. The van der Waals surface area contributed by atoms with E-state index in [4.69, 9.17) is 4.52 Å². The van der Waals surface area contributed by atoms with Gasteiger partial charge in [-0.3, -0.25) is 19.4 Å². The molecule has 1 saturated heterocycles. The van der Waals surface area contributed by atoms with Gasteiger partial charge in [0.2, 0.25) is 11.8 Å². The number of amides is 2. The van der Waals surface area contributed by atoms with Crippen molar-refractivity contribution in [2.45, 2.75) is 26.7 Å². The standard InChI is InChI=1S/C21H29N5O3/c1-15(2)17-5-4-6-18(12-17)22-20(27)13-25-7-9-26(10-8-25)14-21(28)23-19-11-16(3)29-24-19/h4-6,11-12,15H,7-10,13-14H2,1-3H3,(H,22,27)(H,23,24,28). The molecule has 29 heavy (non-hydrogen) atoms. The van der Waals surface area contributed by atoms with Gasteiger partial charge in [0.05, 0.1) is 13.1 Å². The van der Waals surface area contributed by atoms with Gasteiger partial charge in [0.1, 0.15) is 5.76 Å². The molecule has 0 bridgehead atoms. The number of rotatable bonds is 7. The van der Waals surface area contributed by atoms with Crippen molar-refractivity contribution >= 4 is 23.3 Å². The highest BCUT2D eigenvalue weighted by Gasteiger charge is 2.21. The summed E-state index contributed by atoms with van der Waals surface area (Å²) in [4.78, 5) is 28.7. The highest BCUT2D eigenvalue weighted by atomic mass is 16.5. The Hall–Kier alpha value is -2.71. The lowest BCUT2D eigenvalue weighted by Crippen LogP contribution is -2.50. The van der Waals surface area contributed by atoms with Crippen LogP contribution in [0.1, 0.15) is 31.1 Å². The molecule has 0 aliphatic carbocycles. The van der Waals surface area contributed by atoms with E-state index in [-0.39, 0.29) is 11.8 Å². The third kappa shape index (κ3) is 6.40. The average molecular weight is 399 g/mol. The molecule has 2 amide bonds. The molecule has 1 fully saturated rings. The third-order valence-electron chi connectivity index (χ3n) is 4.93. The van der Waals surface area contributed by atoms with Crippen LogP contribution in [0, 0.1) is 6.92 Å². The third-order valence-corrected chi connectivity index (χ3v) is 4.93. The Morgan fingerprint density at radius 1 is 1.03 bits per heavy atom. The van der Waals surface area contributed by atoms with Gasteiger partial charge in [-0.15, -0.1) is 0 Å². The van der Waals surface area contributed by atoms with Crippen LogP contribution in [-0.4, -0.2) is 66.0 Å². The van der Waals surface area contributed by atoms with Crippen molar-refractivity contribution in [1.29, 1.82) is 0 Å². The topological polar surface area (TPSA) is 90.7 Å². The smallest absolute Gasteiger partial charge is 0.239 e. The van der Waals surface area contributed by atoms with Crippen molar-refractivity contribution in [1.82, 2.24) is 15.0 Å². The minimum absolute atomic E-state index is 0.0153. The molecule has 0 unspecified atom stereocenters. The first-order valence-electron chi connectivity index (χ1n) is 9.97. The quantitative estimate of drug-likeness (QED) is 0.742. The zero-order chi connectivity index (χ0) is 20.8. The molecule has 2 heterocycles. The van der Waals surface area contributed by atoms with Crippen LogP contribution in [0.15, 0.2) is 34.9 Å². The SMILES string of the molecule is Cc1cc(NC(=O)CN2CCN(CC(=O)Nc3cccc(C(C)C)c3)CC2)no1. The maximum absolute atomic E-state index is 12.4. The van der Waals surface area contributed by atoms with E-state index >= 15 is 0 Å². The van der Waals surface area contributed by atoms with Gasteiger partial charge in [0.25, 0.3) is 0 Å². The fourth-order valence-corrected chi connectivity index (χ4v) is 3.30. The highest BCUT2D eigenvalue weighted by Crippen LogP contribution is 2.18. The molecule has 0 spiro atoms. The Morgan fingerprint density at radius 2 is 1.66 bits per heavy atom. The second kappa shape index (κ2) is 9.67. The molecule has 0 saturated carbocycles. The molecule has 1 aliphatic rings. The molecule has 1 aromatic heterocycles. The predicted octanol–water partition coefficient (Wildman–Crippen LogP) is 2.30. The van der Waals surface area contributed by atoms with Gasteiger partial charge in [-0.2, -0.15) is 0 Å². The number of benzene rings is 1. The summed E-state index contributed by atoms with van der Waals surface area (Å²) < 4.78 is 4.94. The number of anilines is 2. The molecular weight excluding hydrogens is 370 g/mol. The molecular formula is C21H29N5O3. The summed E-state index contributed by atoms with van der Waals surface area (Å²) in [5.74, 6) is 1.38. The van der Waals surface area contributed by atoms with E-state index in [2.05, 4.69) is 45.5 Å². The van der Waals surface area contributed by atoms with E-state index in [0.717, 1.165) is 31.9 Å². The van der Waals surface area contributed by atoms with Crippen LogP contribution in [0.2, 0.25) is 0 Å². The lowest BCUT2D eigenvalue weighted by molar-refractivity contribution is -0.120. The normalized spacial score (nSPS) is 15.4. The first-order chi connectivity index (χ1) is 13.9. The van der Waals surface area contributed by atoms with Crippen molar-refractivity contribution in [3.63, 3.8) is 0 Å². The van der Waals surface area contributed by atoms with Gasteiger partial charge in [-0.05, 0) is 30.5 Å². The molecule has 1 aliphatic heterocycles. The van der Waals surface area contributed by atoms with E-state index in [1.165, 1.54) is 5.56 Å². The van der Waals surface area contributed by atoms with Crippen molar-refractivity contribution in [2.24, 2.45) is 0 Å². The summed E-state index contributed by atoms with van der Waals surface area (Å²) in [6.07, 6.45) is 0. The molecule has 156 valence electrons. The van der Waals surface area contributed by atoms with Crippen LogP contribution in [-0.2, 0) is 9.59 Å². The summed E-state index contributed by atoms with van der Waals surface area (Å²) in [5, 5.41) is 9.48.